The van der Waals surface area contributed by atoms with Crippen molar-refractivity contribution >= 4 is 51.2 Å². The Hall–Kier alpha value is -3.29. The molecule has 0 radical (unpaired) electrons. The van der Waals surface area contributed by atoms with Crippen molar-refractivity contribution in [2.24, 2.45) is 5.10 Å². The van der Waals surface area contributed by atoms with Gasteiger partial charge in [0.25, 0.3) is 0 Å². The number of hydrazone groups is 1. The van der Waals surface area contributed by atoms with Gasteiger partial charge in [0.05, 0.1) is 22.0 Å². The fraction of sp³-hybridized carbons (Fsp3) is 0. The molecule has 0 aliphatic rings. The lowest BCUT2D eigenvalue weighted by Crippen LogP contribution is -1.97. The van der Waals surface area contributed by atoms with E-state index in [2.05, 4.69) is 20.5 Å². The number of halogens is 1. The molecule has 0 bridgehead atoms. The monoisotopic (exact) mass is 408 g/mol. The summed E-state index contributed by atoms with van der Waals surface area (Å²) in [6, 6.07) is 16.1. The van der Waals surface area contributed by atoms with Gasteiger partial charge in [-0.1, -0.05) is 35.9 Å². The van der Waals surface area contributed by atoms with Crippen LogP contribution in [-0.2, 0) is 0 Å². The van der Waals surface area contributed by atoms with E-state index in [0.29, 0.717) is 10.8 Å². The summed E-state index contributed by atoms with van der Waals surface area (Å²) in [5.74, 6) is -0.361. The molecule has 4 aromatic rings. The number of aromatic carboxylic acids is 1. The summed E-state index contributed by atoms with van der Waals surface area (Å²) >= 11 is 7.64. The Bertz CT molecular complexity index is 1190. The normalized spacial score (nSPS) is 11.2. The number of fused-ring (bicyclic) bond motifs is 1. The molecule has 4 rings (SSSR count). The lowest BCUT2D eigenvalue weighted by molar-refractivity contribution is 0.0697. The van der Waals surface area contributed by atoms with E-state index in [-0.39, 0.29) is 5.56 Å². The first-order valence-electron chi connectivity index (χ1n) is 8.23. The van der Waals surface area contributed by atoms with E-state index in [1.165, 1.54) is 18.5 Å². The molecule has 0 saturated carbocycles. The Morgan fingerprint density at radius 1 is 1.14 bits per heavy atom. The number of thiophene rings is 1. The van der Waals surface area contributed by atoms with Gasteiger partial charge in [0.15, 0.2) is 5.82 Å². The quantitative estimate of drug-likeness (QED) is 0.352. The maximum absolute atomic E-state index is 10.9. The molecular formula is C20H13ClN4O2S. The van der Waals surface area contributed by atoms with Gasteiger partial charge in [0.2, 0.25) is 0 Å². The molecule has 0 aliphatic heterocycles. The van der Waals surface area contributed by atoms with Crippen molar-refractivity contribution in [3.8, 4) is 10.4 Å². The number of rotatable bonds is 5. The predicted molar refractivity (Wildman–Crippen MR) is 112 cm³/mol. The molecule has 8 heteroatoms. The highest BCUT2D eigenvalue weighted by Crippen LogP contribution is 2.36. The second kappa shape index (κ2) is 7.75. The van der Waals surface area contributed by atoms with Crippen molar-refractivity contribution < 1.29 is 9.90 Å². The van der Waals surface area contributed by atoms with Crippen LogP contribution in [0.5, 0.6) is 0 Å². The van der Waals surface area contributed by atoms with E-state index in [1.54, 1.807) is 29.7 Å². The van der Waals surface area contributed by atoms with Gasteiger partial charge in [-0.3, -0.25) is 5.43 Å². The zero-order valence-corrected chi connectivity index (χ0v) is 15.9. The average molecular weight is 409 g/mol. The lowest BCUT2D eigenvalue weighted by Gasteiger charge is -2.00. The molecule has 0 atom stereocenters. The number of carboxylic acids is 1. The summed E-state index contributed by atoms with van der Waals surface area (Å²) in [4.78, 5) is 20.5. The Labute approximate surface area is 169 Å². The van der Waals surface area contributed by atoms with E-state index in [4.69, 9.17) is 16.7 Å². The second-order valence-electron chi connectivity index (χ2n) is 5.85. The van der Waals surface area contributed by atoms with E-state index in [9.17, 15) is 4.79 Å². The van der Waals surface area contributed by atoms with Crippen LogP contribution in [0.25, 0.3) is 20.7 Å². The molecule has 138 valence electrons. The van der Waals surface area contributed by atoms with Crippen LogP contribution in [0, 0.1) is 0 Å². The smallest absolute Gasteiger partial charge is 0.335 e. The third kappa shape index (κ3) is 3.85. The Kier molecular flexibility index (Phi) is 5.01. The van der Waals surface area contributed by atoms with Crippen LogP contribution in [0.3, 0.4) is 0 Å². The molecule has 2 heterocycles. The Morgan fingerprint density at radius 3 is 2.71 bits per heavy atom. The van der Waals surface area contributed by atoms with Gasteiger partial charge < -0.3 is 5.11 Å². The third-order valence-electron chi connectivity index (χ3n) is 3.96. The predicted octanol–water partition coefficient (Wildman–Crippen LogP) is 5.16. The van der Waals surface area contributed by atoms with Gasteiger partial charge in [-0.05, 0) is 41.5 Å². The summed E-state index contributed by atoms with van der Waals surface area (Å²) in [6.45, 7) is 0. The number of nitrogens with zero attached hydrogens (tertiary/aromatic N) is 3. The average Bonchev–Trinajstić information content (AvgIpc) is 3.14. The van der Waals surface area contributed by atoms with Crippen molar-refractivity contribution in [1.29, 1.82) is 0 Å². The minimum absolute atomic E-state index is 0.231. The van der Waals surface area contributed by atoms with Gasteiger partial charge in [0.1, 0.15) is 6.33 Å². The van der Waals surface area contributed by atoms with Crippen molar-refractivity contribution in [1.82, 2.24) is 9.97 Å². The van der Waals surface area contributed by atoms with Crippen molar-refractivity contribution in [2.45, 2.75) is 0 Å². The number of benzene rings is 2. The van der Waals surface area contributed by atoms with Gasteiger partial charge in [-0.2, -0.15) is 5.10 Å². The number of anilines is 1. The zero-order chi connectivity index (χ0) is 19.5. The Morgan fingerprint density at radius 2 is 1.96 bits per heavy atom. The Balaban J connectivity index is 1.58. The van der Waals surface area contributed by atoms with E-state index in [1.807, 2.05) is 30.3 Å². The van der Waals surface area contributed by atoms with Crippen molar-refractivity contribution in [2.75, 3.05) is 5.43 Å². The minimum atomic E-state index is -0.960. The molecular weight excluding hydrogens is 396 g/mol. The van der Waals surface area contributed by atoms with Gasteiger partial charge in [-0.15, -0.1) is 11.3 Å². The summed E-state index contributed by atoms with van der Waals surface area (Å²) in [5, 5.41) is 13.8. The lowest BCUT2D eigenvalue weighted by atomic mass is 10.1. The first kappa shape index (κ1) is 18.1. The second-order valence-corrected chi connectivity index (χ2v) is 7.34. The number of aromatic nitrogens is 2. The summed E-state index contributed by atoms with van der Waals surface area (Å²) in [6.07, 6.45) is 3.08. The number of hydrogen-bond donors (Lipinski definition) is 2. The van der Waals surface area contributed by atoms with Crippen LogP contribution in [0.1, 0.15) is 15.9 Å². The largest absolute Gasteiger partial charge is 0.478 e. The number of carbonyl (C=O) groups is 1. The summed E-state index contributed by atoms with van der Waals surface area (Å²) in [5.41, 5.74) is 5.77. The van der Waals surface area contributed by atoms with E-state index < -0.39 is 5.97 Å². The minimum Gasteiger partial charge on any atom is -0.478 e. The number of nitrogens with one attached hydrogen (secondary N) is 1. The van der Waals surface area contributed by atoms with Crippen LogP contribution < -0.4 is 5.43 Å². The van der Waals surface area contributed by atoms with Gasteiger partial charge in [-0.25, -0.2) is 14.8 Å². The molecule has 0 aliphatic carbocycles. The zero-order valence-electron chi connectivity index (χ0n) is 14.3. The van der Waals surface area contributed by atoms with Crippen LogP contribution in [0.15, 0.2) is 66.0 Å². The van der Waals surface area contributed by atoms with Crippen LogP contribution in [0.4, 0.5) is 5.82 Å². The van der Waals surface area contributed by atoms with Crippen LogP contribution in [0.2, 0.25) is 5.02 Å². The fourth-order valence-corrected chi connectivity index (χ4v) is 3.83. The molecule has 2 aromatic carbocycles. The fourth-order valence-electron chi connectivity index (χ4n) is 2.60. The van der Waals surface area contributed by atoms with Crippen molar-refractivity contribution in [3.63, 3.8) is 0 Å². The first-order chi connectivity index (χ1) is 13.6. The highest BCUT2D eigenvalue weighted by molar-refractivity contribution is 7.22. The molecule has 6 nitrogen and oxygen atoms in total. The number of hydrogen-bond acceptors (Lipinski definition) is 6. The van der Waals surface area contributed by atoms with Crippen LogP contribution in [-0.4, -0.2) is 27.3 Å². The third-order valence-corrected chi connectivity index (χ3v) is 5.38. The van der Waals surface area contributed by atoms with Gasteiger partial charge in [0, 0.05) is 9.90 Å². The molecule has 2 N–H and O–H groups in total. The topological polar surface area (TPSA) is 87.5 Å². The maximum Gasteiger partial charge on any atom is 0.335 e. The van der Waals surface area contributed by atoms with E-state index in [0.717, 1.165) is 26.2 Å². The van der Waals surface area contributed by atoms with Crippen LogP contribution >= 0.6 is 22.9 Å². The number of carboxylic acid groups (broad SMARTS) is 1. The molecule has 28 heavy (non-hydrogen) atoms. The van der Waals surface area contributed by atoms with Gasteiger partial charge >= 0.3 is 5.97 Å². The molecule has 2 aromatic heterocycles. The highest BCUT2D eigenvalue weighted by Gasteiger charge is 2.10. The van der Waals surface area contributed by atoms with E-state index >= 15 is 0 Å². The molecule has 0 amide bonds. The molecule has 0 spiro atoms. The molecule has 0 unspecified atom stereocenters. The standard InChI is InChI=1S/C20H13ClN4O2S/c21-15-3-1-2-14(8-15)17-9-16-18(28-17)19(23-11-22-16)25-24-10-12-4-6-13(7-5-12)20(26)27/h1-11H,(H,26,27)(H,22,23,25)/b24-10+. The highest BCUT2D eigenvalue weighted by atomic mass is 35.5. The maximum atomic E-state index is 10.9. The van der Waals surface area contributed by atoms with Crippen molar-refractivity contribution in [3.05, 3.63) is 77.1 Å². The molecule has 0 fully saturated rings. The summed E-state index contributed by atoms with van der Waals surface area (Å²) < 4.78 is 0.885. The SMILES string of the molecule is O=C(O)c1ccc(/C=N/Nc2ncnc3cc(-c4cccc(Cl)c4)sc23)cc1. The molecule has 0 saturated heterocycles. The summed E-state index contributed by atoms with van der Waals surface area (Å²) in [7, 11) is 0. The first-order valence-corrected chi connectivity index (χ1v) is 9.42.